The van der Waals surface area contributed by atoms with Crippen LogP contribution in [-0.2, 0) is 9.53 Å². The molecule has 1 aliphatic heterocycles. The smallest absolute Gasteiger partial charge is 0.252 e. The van der Waals surface area contributed by atoms with Crippen LogP contribution in [0.3, 0.4) is 0 Å². The first-order chi connectivity index (χ1) is 11.1. The summed E-state index contributed by atoms with van der Waals surface area (Å²) in [4.78, 5) is 24.1. The molecule has 0 bridgehead atoms. The zero-order chi connectivity index (χ0) is 16.7. The summed E-state index contributed by atoms with van der Waals surface area (Å²) in [5.41, 5.74) is -0.406. The molecule has 3 N–H and O–H groups in total. The van der Waals surface area contributed by atoms with Crippen molar-refractivity contribution in [1.29, 1.82) is 0 Å². The number of piperidine rings is 1. The van der Waals surface area contributed by atoms with Gasteiger partial charge in [0.15, 0.2) is 0 Å². The van der Waals surface area contributed by atoms with Crippen LogP contribution in [0.4, 0.5) is 4.39 Å². The molecule has 24 heavy (non-hydrogen) atoms. The van der Waals surface area contributed by atoms with Crippen molar-refractivity contribution in [1.82, 2.24) is 16.0 Å². The fourth-order valence-corrected chi connectivity index (χ4v) is 2.57. The Morgan fingerprint density at radius 2 is 1.75 bits per heavy atom. The number of hydrogen-bond acceptors (Lipinski definition) is 4. The highest BCUT2D eigenvalue weighted by Crippen LogP contribution is 2.22. The van der Waals surface area contributed by atoms with E-state index < -0.39 is 5.60 Å². The van der Waals surface area contributed by atoms with Gasteiger partial charge in [-0.05, 0) is 50.2 Å². The van der Waals surface area contributed by atoms with Crippen LogP contribution in [0.5, 0.6) is 0 Å². The number of carbonyl (C=O) groups is 2. The van der Waals surface area contributed by atoms with Crippen molar-refractivity contribution in [2.75, 3.05) is 33.3 Å². The molecule has 1 saturated heterocycles. The van der Waals surface area contributed by atoms with Gasteiger partial charge in [0.05, 0.1) is 0 Å². The molecular formula is C16H23ClFN3O3. The normalized spacial score (nSPS) is 15.9. The quantitative estimate of drug-likeness (QED) is 0.658. The molecule has 0 spiro atoms. The molecule has 2 rings (SSSR count). The van der Waals surface area contributed by atoms with Crippen molar-refractivity contribution in [3.05, 3.63) is 35.6 Å². The third-order valence-electron chi connectivity index (χ3n) is 4.02. The van der Waals surface area contributed by atoms with E-state index in [4.69, 9.17) is 4.74 Å². The summed E-state index contributed by atoms with van der Waals surface area (Å²) in [6.07, 6.45) is 1.24. The van der Waals surface area contributed by atoms with E-state index in [0.717, 1.165) is 13.1 Å². The Balaban J connectivity index is 0.00000288. The molecule has 0 unspecified atom stereocenters. The molecule has 8 heteroatoms. The standard InChI is InChI=1S/C16H22FN3O3.ClH/c1-23-16(6-8-18-9-7-16)15(22)20-11-10-19-14(21)12-2-4-13(17)5-3-12;/h2-5,18H,6-11H2,1H3,(H,19,21)(H,20,22);1H. The van der Waals surface area contributed by atoms with Crippen LogP contribution >= 0.6 is 12.4 Å². The molecule has 0 saturated carbocycles. The highest BCUT2D eigenvalue weighted by molar-refractivity contribution is 5.94. The number of halogens is 2. The van der Waals surface area contributed by atoms with Crippen LogP contribution in [-0.4, -0.2) is 50.7 Å². The van der Waals surface area contributed by atoms with Gasteiger partial charge in [-0.25, -0.2) is 4.39 Å². The van der Waals surface area contributed by atoms with Gasteiger partial charge in [0.1, 0.15) is 11.4 Å². The van der Waals surface area contributed by atoms with Gasteiger partial charge >= 0.3 is 0 Å². The molecule has 6 nitrogen and oxygen atoms in total. The lowest BCUT2D eigenvalue weighted by Crippen LogP contribution is -2.54. The molecule has 134 valence electrons. The second kappa shape index (κ2) is 9.56. The topological polar surface area (TPSA) is 79.5 Å². The first kappa shape index (κ1) is 20.3. The van der Waals surface area contributed by atoms with Gasteiger partial charge in [-0.3, -0.25) is 9.59 Å². The summed E-state index contributed by atoms with van der Waals surface area (Å²) in [6.45, 7) is 2.08. The van der Waals surface area contributed by atoms with E-state index in [1.807, 2.05) is 0 Å². The number of hydrogen-bond donors (Lipinski definition) is 3. The van der Waals surface area contributed by atoms with Gasteiger partial charge in [0.2, 0.25) is 0 Å². The van der Waals surface area contributed by atoms with Gasteiger partial charge in [-0.15, -0.1) is 12.4 Å². The molecule has 0 aromatic heterocycles. The van der Waals surface area contributed by atoms with Gasteiger partial charge in [-0.2, -0.15) is 0 Å². The third kappa shape index (κ3) is 5.15. The summed E-state index contributed by atoms with van der Waals surface area (Å²) >= 11 is 0. The number of amides is 2. The first-order valence-corrected chi connectivity index (χ1v) is 7.65. The molecule has 1 aromatic rings. The summed E-state index contributed by atoms with van der Waals surface area (Å²) in [5.74, 6) is -0.847. The maximum absolute atomic E-state index is 12.8. The largest absolute Gasteiger partial charge is 0.368 e. The maximum Gasteiger partial charge on any atom is 0.252 e. The molecule has 0 atom stereocenters. The minimum atomic E-state index is -0.786. The number of methoxy groups -OCH3 is 1. The Bertz CT molecular complexity index is 548. The zero-order valence-electron chi connectivity index (χ0n) is 13.6. The minimum Gasteiger partial charge on any atom is -0.368 e. The highest BCUT2D eigenvalue weighted by atomic mass is 35.5. The maximum atomic E-state index is 12.8. The Hall–Kier alpha value is -1.70. The lowest BCUT2D eigenvalue weighted by molar-refractivity contribution is -0.146. The third-order valence-corrected chi connectivity index (χ3v) is 4.02. The van der Waals surface area contributed by atoms with E-state index >= 15 is 0 Å². The van der Waals surface area contributed by atoms with Gasteiger partial charge in [-0.1, -0.05) is 0 Å². The number of benzene rings is 1. The van der Waals surface area contributed by atoms with Crippen molar-refractivity contribution < 1.29 is 18.7 Å². The summed E-state index contributed by atoms with van der Waals surface area (Å²) in [5, 5.41) is 8.66. The molecular weight excluding hydrogens is 337 g/mol. The van der Waals surface area contributed by atoms with Crippen LogP contribution in [0.25, 0.3) is 0 Å². The number of rotatable bonds is 6. The van der Waals surface area contributed by atoms with Crippen molar-refractivity contribution in [2.45, 2.75) is 18.4 Å². The van der Waals surface area contributed by atoms with Crippen LogP contribution in [0.2, 0.25) is 0 Å². The molecule has 2 amide bonds. The molecule has 0 aliphatic carbocycles. The average molecular weight is 360 g/mol. The monoisotopic (exact) mass is 359 g/mol. The number of carbonyl (C=O) groups excluding carboxylic acids is 2. The van der Waals surface area contributed by atoms with Crippen LogP contribution in [0, 0.1) is 5.82 Å². The fourth-order valence-electron chi connectivity index (χ4n) is 2.57. The van der Waals surface area contributed by atoms with Crippen LogP contribution < -0.4 is 16.0 Å². The zero-order valence-corrected chi connectivity index (χ0v) is 14.4. The van der Waals surface area contributed by atoms with E-state index in [-0.39, 0.29) is 30.0 Å². The summed E-state index contributed by atoms with van der Waals surface area (Å²) < 4.78 is 18.2. The molecule has 1 aromatic carbocycles. The predicted molar refractivity (Wildman–Crippen MR) is 90.8 cm³/mol. The lowest BCUT2D eigenvalue weighted by Gasteiger charge is -2.34. The van der Waals surface area contributed by atoms with Crippen LogP contribution in [0.1, 0.15) is 23.2 Å². The van der Waals surface area contributed by atoms with Gasteiger partial charge in [0, 0.05) is 25.8 Å². The fraction of sp³-hybridized carbons (Fsp3) is 0.500. The second-order valence-corrected chi connectivity index (χ2v) is 5.47. The second-order valence-electron chi connectivity index (χ2n) is 5.47. The lowest BCUT2D eigenvalue weighted by atomic mass is 9.91. The van der Waals surface area contributed by atoms with Gasteiger partial charge < -0.3 is 20.7 Å². The van der Waals surface area contributed by atoms with Crippen LogP contribution in [0.15, 0.2) is 24.3 Å². The van der Waals surface area contributed by atoms with Crippen molar-refractivity contribution in [3.8, 4) is 0 Å². The SMILES string of the molecule is COC1(C(=O)NCCNC(=O)c2ccc(F)cc2)CCNCC1.Cl. The number of ether oxygens (including phenoxy) is 1. The van der Waals surface area contributed by atoms with Crippen molar-refractivity contribution in [3.63, 3.8) is 0 Å². The van der Waals surface area contributed by atoms with Crippen molar-refractivity contribution >= 4 is 24.2 Å². The van der Waals surface area contributed by atoms with E-state index in [0.29, 0.717) is 31.5 Å². The predicted octanol–water partition coefficient (Wildman–Crippen LogP) is 0.862. The van der Waals surface area contributed by atoms with Crippen molar-refractivity contribution in [2.24, 2.45) is 0 Å². The Kier molecular flexibility index (Phi) is 8.10. The summed E-state index contributed by atoms with van der Waals surface area (Å²) in [6, 6.07) is 5.29. The Morgan fingerprint density at radius 1 is 1.17 bits per heavy atom. The van der Waals surface area contributed by atoms with E-state index in [1.165, 1.54) is 24.3 Å². The van der Waals surface area contributed by atoms with E-state index in [9.17, 15) is 14.0 Å². The Labute approximate surface area is 146 Å². The van der Waals surface area contributed by atoms with E-state index in [1.54, 1.807) is 7.11 Å². The highest BCUT2D eigenvalue weighted by Gasteiger charge is 2.39. The summed E-state index contributed by atoms with van der Waals surface area (Å²) in [7, 11) is 1.54. The van der Waals surface area contributed by atoms with E-state index in [2.05, 4.69) is 16.0 Å². The Morgan fingerprint density at radius 3 is 2.33 bits per heavy atom. The first-order valence-electron chi connectivity index (χ1n) is 7.65. The molecule has 0 radical (unpaired) electrons. The number of nitrogens with one attached hydrogen (secondary N) is 3. The molecule has 1 heterocycles. The molecule has 1 aliphatic rings. The van der Waals surface area contributed by atoms with Gasteiger partial charge in [0.25, 0.3) is 11.8 Å². The molecule has 1 fully saturated rings. The average Bonchev–Trinajstić information content (AvgIpc) is 2.59. The minimum absolute atomic E-state index is 0.